The lowest BCUT2D eigenvalue weighted by Crippen LogP contribution is -2.06. The van der Waals surface area contributed by atoms with Crippen LogP contribution >= 0.6 is 0 Å². The van der Waals surface area contributed by atoms with Gasteiger partial charge in [0.2, 0.25) is 0 Å². The maximum atomic E-state index is 12.5. The molecular formula is C14H13F3N2. The van der Waals surface area contributed by atoms with Crippen molar-refractivity contribution in [2.24, 2.45) is 0 Å². The fourth-order valence-corrected chi connectivity index (χ4v) is 1.73. The molecule has 0 aromatic heterocycles. The van der Waals surface area contributed by atoms with Gasteiger partial charge in [0.1, 0.15) is 0 Å². The Bertz CT molecular complexity index is 591. The van der Waals surface area contributed by atoms with E-state index in [9.17, 15) is 13.2 Å². The summed E-state index contributed by atoms with van der Waals surface area (Å²) in [4.78, 5) is 0. The lowest BCUT2D eigenvalue weighted by Gasteiger charge is -2.13. The van der Waals surface area contributed by atoms with E-state index in [0.717, 1.165) is 23.4 Å². The summed E-state index contributed by atoms with van der Waals surface area (Å²) < 4.78 is 37.5. The van der Waals surface area contributed by atoms with Crippen molar-refractivity contribution in [3.05, 3.63) is 53.6 Å². The van der Waals surface area contributed by atoms with E-state index in [0.29, 0.717) is 5.69 Å². The maximum Gasteiger partial charge on any atom is 0.416 e. The van der Waals surface area contributed by atoms with Crippen molar-refractivity contribution in [2.45, 2.75) is 13.1 Å². The molecule has 0 amide bonds. The van der Waals surface area contributed by atoms with Gasteiger partial charge in [0.05, 0.1) is 16.9 Å². The molecule has 0 fully saturated rings. The summed E-state index contributed by atoms with van der Waals surface area (Å²) in [7, 11) is 0. The minimum Gasteiger partial charge on any atom is -0.397 e. The van der Waals surface area contributed by atoms with E-state index in [1.807, 2.05) is 31.2 Å². The molecule has 19 heavy (non-hydrogen) atoms. The van der Waals surface area contributed by atoms with Crippen LogP contribution in [0.2, 0.25) is 0 Å². The third-order valence-corrected chi connectivity index (χ3v) is 2.68. The van der Waals surface area contributed by atoms with E-state index in [-0.39, 0.29) is 5.69 Å². The van der Waals surface area contributed by atoms with Crippen LogP contribution in [0, 0.1) is 6.92 Å². The van der Waals surface area contributed by atoms with Crippen molar-refractivity contribution in [3.8, 4) is 0 Å². The van der Waals surface area contributed by atoms with Gasteiger partial charge >= 0.3 is 6.18 Å². The van der Waals surface area contributed by atoms with Crippen LogP contribution in [0.4, 0.5) is 30.2 Å². The fraction of sp³-hybridized carbons (Fsp3) is 0.143. The van der Waals surface area contributed by atoms with Crippen molar-refractivity contribution < 1.29 is 13.2 Å². The molecule has 0 saturated carbocycles. The Morgan fingerprint density at radius 2 is 1.79 bits per heavy atom. The molecule has 2 aromatic rings. The summed E-state index contributed by atoms with van der Waals surface area (Å²) in [5.41, 5.74) is 7.25. The van der Waals surface area contributed by atoms with Gasteiger partial charge < -0.3 is 11.1 Å². The number of hydrogen-bond donors (Lipinski definition) is 2. The minimum atomic E-state index is -4.38. The van der Waals surface area contributed by atoms with Gasteiger partial charge in [-0.1, -0.05) is 12.1 Å². The molecule has 2 rings (SSSR count). The SMILES string of the molecule is Cc1cccc(Nc2ccc(C(F)(F)F)cc2N)c1. The van der Waals surface area contributed by atoms with Crippen LogP contribution in [-0.4, -0.2) is 0 Å². The summed E-state index contributed by atoms with van der Waals surface area (Å²) in [6, 6.07) is 10.8. The van der Waals surface area contributed by atoms with Crippen LogP contribution in [0.3, 0.4) is 0 Å². The molecule has 0 heterocycles. The number of nitrogens with one attached hydrogen (secondary N) is 1. The predicted molar refractivity (Wildman–Crippen MR) is 70.3 cm³/mol. The van der Waals surface area contributed by atoms with Crippen LogP contribution in [0.15, 0.2) is 42.5 Å². The molecule has 2 aromatic carbocycles. The van der Waals surface area contributed by atoms with Crippen molar-refractivity contribution in [3.63, 3.8) is 0 Å². The number of halogens is 3. The number of benzene rings is 2. The number of rotatable bonds is 2. The molecule has 0 bridgehead atoms. The smallest absolute Gasteiger partial charge is 0.397 e. The summed E-state index contributed by atoms with van der Waals surface area (Å²) in [5.74, 6) is 0. The molecular weight excluding hydrogens is 253 g/mol. The van der Waals surface area contributed by atoms with Crippen LogP contribution < -0.4 is 11.1 Å². The molecule has 0 spiro atoms. The zero-order valence-corrected chi connectivity index (χ0v) is 10.3. The number of alkyl halides is 3. The first-order valence-corrected chi connectivity index (χ1v) is 5.67. The molecule has 100 valence electrons. The maximum absolute atomic E-state index is 12.5. The Morgan fingerprint density at radius 1 is 1.05 bits per heavy atom. The van der Waals surface area contributed by atoms with E-state index in [1.165, 1.54) is 6.07 Å². The van der Waals surface area contributed by atoms with Crippen molar-refractivity contribution in [1.82, 2.24) is 0 Å². The van der Waals surface area contributed by atoms with Gasteiger partial charge in [0.25, 0.3) is 0 Å². The first kappa shape index (κ1) is 13.3. The highest BCUT2D eigenvalue weighted by atomic mass is 19.4. The third kappa shape index (κ3) is 3.19. The van der Waals surface area contributed by atoms with Gasteiger partial charge in [-0.15, -0.1) is 0 Å². The average molecular weight is 266 g/mol. The fourth-order valence-electron chi connectivity index (χ4n) is 1.73. The Labute approximate surface area is 109 Å². The normalized spacial score (nSPS) is 11.4. The van der Waals surface area contributed by atoms with Crippen LogP contribution in [0.5, 0.6) is 0 Å². The Kier molecular flexibility index (Phi) is 3.38. The van der Waals surface area contributed by atoms with Gasteiger partial charge in [-0.3, -0.25) is 0 Å². The number of anilines is 3. The molecule has 0 atom stereocenters. The monoisotopic (exact) mass is 266 g/mol. The predicted octanol–water partition coefficient (Wildman–Crippen LogP) is 4.34. The quantitative estimate of drug-likeness (QED) is 0.793. The van der Waals surface area contributed by atoms with Crippen molar-refractivity contribution in [1.29, 1.82) is 0 Å². The lowest BCUT2D eigenvalue weighted by atomic mass is 10.1. The van der Waals surface area contributed by atoms with E-state index in [2.05, 4.69) is 5.32 Å². The van der Waals surface area contributed by atoms with Gasteiger partial charge in [-0.05, 0) is 42.8 Å². The van der Waals surface area contributed by atoms with Gasteiger partial charge in [-0.25, -0.2) is 0 Å². The average Bonchev–Trinajstić information content (AvgIpc) is 2.30. The molecule has 0 saturated heterocycles. The topological polar surface area (TPSA) is 38.0 Å². The molecule has 0 radical (unpaired) electrons. The van der Waals surface area contributed by atoms with Gasteiger partial charge in [-0.2, -0.15) is 13.2 Å². The van der Waals surface area contributed by atoms with Crippen molar-refractivity contribution in [2.75, 3.05) is 11.1 Å². The summed E-state index contributed by atoms with van der Waals surface area (Å²) in [6.07, 6.45) is -4.38. The van der Waals surface area contributed by atoms with Gasteiger partial charge in [0, 0.05) is 5.69 Å². The second kappa shape index (κ2) is 4.84. The molecule has 5 heteroatoms. The zero-order valence-electron chi connectivity index (χ0n) is 10.3. The van der Waals surface area contributed by atoms with Gasteiger partial charge in [0.15, 0.2) is 0 Å². The molecule has 0 aliphatic carbocycles. The molecule has 2 nitrogen and oxygen atoms in total. The third-order valence-electron chi connectivity index (χ3n) is 2.68. The van der Waals surface area contributed by atoms with E-state index >= 15 is 0 Å². The number of hydrogen-bond acceptors (Lipinski definition) is 2. The van der Waals surface area contributed by atoms with Crippen LogP contribution in [-0.2, 0) is 6.18 Å². The highest BCUT2D eigenvalue weighted by molar-refractivity contribution is 5.73. The standard InChI is InChI=1S/C14H13F3N2/c1-9-3-2-4-11(7-9)19-13-6-5-10(8-12(13)18)14(15,16)17/h2-8,19H,18H2,1H3. The second-order valence-electron chi connectivity index (χ2n) is 4.29. The first-order chi connectivity index (χ1) is 8.86. The Morgan fingerprint density at radius 3 is 2.37 bits per heavy atom. The lowest BCUT2D eigenvalue weighted by molar-refractivity contribution is -0.137. The highest BCUT2D eigenvalue weighted by Gasteiger charge is 2.30. The molecule has 0 aliphatic heterocycles. The van der Waals surface area contributed by atoms with E-state index in [1.54, 1.807) is 0 Å². The number of nitrogens with two attached hydrogens (primary N) is 1. The molecule has 3 N–H and O–H groups in total. The minimum absolute atomic E-state index is 0.0660. The highest BCUT2D eigenvalue weighted by Crippen LogP contribution is 2.33. The van der Waals surface area contributed by atoms with E-state index < -0.39 is 11.7 Å². The van der Waals surface area contributed by atoms with Crippen LogP contribution in [0.25, 0.3) is 0 Å². The zero-order chi connectivity index (χ0) is 14.0. The Hall–Kier alpha value is -2.17. The second-order valence-corrected chi connectivity index (χ2v) is 4.29. The number of aryl methyl sites for hydroxylation is 1. The summed E-state index contributed by atoms with van der Waals surface area (Å²) in [6.45, 7) is 1.93. The Balaban J connectivity index is 2.27. The molecule has 0 aliphatic rings. The summed E-state index contributed by atoms with van der Waals surface area (Å²) in [5, 5.41) is 3.00. The summed E-state index contributed by atoms with van der Waals surface area (Å²) >= 11 is 0. The molecule has 0 unspecified atom stereocenters. The first-order valence-electron chi connectivity index (χ1n) is 5.67. The van der Waals surface area contributed by atoms with Crippen LogP contribution in [0.1, 0.15) is 11.1 Å². The largest absolute Gasteiger partial charge is 0.416 e. The van der Waals surface area contributed by atoms with E-state index in [4.69, 9.17) is 5.73 Å². The van der Waals surface area contributed by atoms with Crippen molar-refractivity contribution >= 4 is 17.1 Å². The number of nitrogen functional groups attached to an aromatic ring is 1.